The molecule has 1 saturated carbocycles. The van der Waals surface area contributed by atoms with Gasteiger partial charge >= 0.3 is 0 Å². The van der Waals surface area contributed by atoms with E-state index in [1.54, 1.807) is 0 Å². The summed E-state index contributed by atoms with van der Waals surface area (Å²) >= 11 is 0. The molecule has 14 heteroatoms. The van der Waals surface area contributed by atoms with Crippen LogP contribution in [-0.4, -0.2) is 42.4 Å². The first kappa shape index (κ1) is 26.5. The van der Waals surface area contributed by atoms with E-state index < -0.39 is 20.0 Å². The lowest BCUT2D eigenvalue weighted by atomic mass is 9.90. The molecule has 1 aliphatic rings. The normalized spacial score (nSPS) is 14.8. The first-order chi connectivity index (χ1) is 18.6. The predicted molar refractivity (Wildman–Crippen MR) is 142 cm³/mol. The molecule has 2 aromatic heterocycles. The summed E-state index contributed by atoms with van der Waals surface area (Å²) in [6, 6.07) is 12.7. The van der Waals surface area contributed by atoms with Gasteiger partial charge in [-0.15, -0.1) is 0 Å². The highest BCUT2D eigenvalue weighted by molar-refractivity contribution is 7.90. The Balaban J connectivity index is 1.75. The molecule has 5 rings (SSSR count). The number of nitriles is 1. The molecule has 2 heterocycles. The fraction of sp³-hybridized carbons (Fsp3) is 0.280. The van der Waals surface area contributed by atoms with Crippen LogP contribution in [0.25, 0.3) is 22.6 Å². The lowest BCUT2D eigenvalue weighted by Crippen LogP contribution is -2.18. The number of hydrogen-bond donors (Lipinski definition) is 2. The van der Waals surface area contributed by atoms with Gasteiger partial charge in [0.15, 0.2) is 17.0 Å². The van der Waals surface area contributed by atoms with Gasteiger partial charge in [0.1, 0.15) is 0 Å². The number of fused-ring (bicyclic) bond motifs is 1. The van der Waals surface area contributed by atoms with Crippen LogP contribution in [0.4, 0.5) is 5.95 Å². The van der Waals surface area contributed by atoms with E-state index in [4.69, 9.17) is 20.9 Å². The number of hydrogen-bond acceptors (Lipinski definition) is 10. The Morgan fingerprint density at radius 2 is 1.69 bits per heavy atom. The van der Waals surface area contributed by atoms with Gasteiger partial charge in [-0.1, -0.05) is 31.4 Å². The SMILES string of the molecule is N#Cc1ccc(S(=O)(=O)n2c(-c3cccc(S(N)(=O)=O)c3)nc3nc(N)nc(OCC4CCCCC4)c32)cc1. The molecule has 0 spiro atoms. The van der Waals surface area contributed by atoms with Crippen molar-refractivity contribution in [2.24, 2.45) is 11.1 Å². The van der Waals surface area contributed by atoms with Crippen molar-refractivity contribution in [2.45, 2.75) is 41.9 Å². The number of nitrogens with two attached hydrogens (primary N) is 2. The Hall–Kier alpha value is -4.06. The van der Waals surface area contributed by atoms with Crippen molar-refractivity contribution < 1.29 is 21.6 Å². The smallest absolute Gasteiger partial charge is 0.270 e. The van der Waals surface area contributed by atoms with Crippen LogP contribution in [0, 0.1) is 17.2 Å². The summed E-state index contributed by atoms with van der Waals surface area (Å²) < 4.78 is 59.2. The minimum atomic E-state index is -4.39. The number of anilines is 1. The molecule has 39 heavy (non-hydrogen) atoms. The van der Waals surface area contributed by atoms with Gasteiger partial charge in [-0.2, -0.15) is 15.2 Å². The molecule has 12 nitrogen and oxygen atoms in total. The Morgan fingerprint density at radius 3 is 2.36 bits per heavy atom. The number of primary sulfonamides is 1. The third-order valence-electron chi connectivity index (χ3n) is 6.58. The van der Waals surface area contributed by atoms with Crippen LogP contribution in [0.1, 0.15) is 37.7 Å². The number of rotatable bonds is 7. The molecule has 0 saturated heterocycles. The van der Waals surface area contributed by atoms with Crippen molar-refractivity contribution in [3.63, 3.8) is 0 Å². The van der Waals surface area contributed by atoms with Crippen molar-refractivity contribution in [1.82, 2.24) is 18.9 Å². The summed E-state index contributed by atoms with van der Waals surface area (Å²) in [5.74, 6) is -0.0715. The highest BCUT2D eigenvalue weighted by atomic mass is 32.2. The van der Waals surface area contributed by atoms with E-state index in [9.17, 15) is 16.8 Å². The van der Waals surface area contributed by atoms with Crippen LogP contribution in [0.2, 0.25) is 0 Å². The number of sulfonamides is 1. The maximum atomic E-state index is 14.1. The van der Waals surface area contributed by atoms with Gasteiger partial charge in [0.25, 0.3) is 10.0 Å². The molecule has 0 bridgehead atoms. The largest absolute Gasteiger partial charge is 0.476 e. The van der Waals surface area contributed by atoms with Crippen LogP contribution in [0.3, 0.4) is 0 Å². The molecule has 0 amide bonds. The number of aromatic nitrogens is 4. The Morgan fingerprint density at radius 1 is 0.974 bits per heavy atom. The van der Waals surface area contributed by atoms with E-state index in [1.165, 1.54) is 48.5 Å². The lowest BCUT2D eigenvalue weighted by molar-refractivity contribution is 0.204. The van der Waals surface area contributed by atoms with Crippen molar-refractivity contribution in [1.29, 1.82) is 5.26 Å². The zero-order valence-electron chi connectivity index (χ0n) is 20.7. The standard InChI is InChI=1S/C25H25N7O5S2/c26-14-16-9-11-19(12-10-16)39(35,36)32-21-22(29-23(32)18-7-4-8-20(13-18)38(28,33)34)30-25(27)31-24(21)37-15-17-5-2-1-3-6-17/h4,7-13,17H,1-3,5-6,15H2,(H2,27,30,31)(H2,28,33,34). The average molecular weight is 568 g/mol. The number of ether oxygens (including phenoxy) is 1. The van der Waals surface area contributed by atoms with E-state index in [0.29, 0.717) is 6.61 Å². The van der Waals surface area contributed by atoms with E-state index in [2.05, 4.69) is 15.0 Å². The molecular formula is C25H25N7O5S2. The molecule has 0 aliphatic heterocycles. The van der Waals surface area contributed by atoms with Crippen LogP contribution in [0.15, 0.2) is 58.3 Å². The Bertz CT molecular complexity index is 1810. The summed E-state index contributed by atoms with van der Waals surface area (Å²) in [5.41, 5.74) is 6.27. The Labute approximate surface area is 225 Å². The molecule has 1 fully saturated rings. The van der Waals surface area contributed by atoms with E-state index in [0.717, 1.165) is 36.1 Å². The summed E-state index contributed by atoms with van der Waals surface area (Å²) in [4.78, 5) is 12.4. The number of nitrogens with zero attached hydrogens (tertiary/aromatic N) is 5. The van der Waals surface area contributed by atoms with Gasteiger partial charge in [-0.05, 0) is 55.2 Å². The molecule has 0 unspecified atom stereocenters. The summed E-state index contributed by atoms with van der Waals surface area (Å²) in [6.07, 6.45) is 5.31. The minimum Gasteiger partial charge on any atom is -0.476 e. The molecule has 2 aromatic carbocycles. The molecule has 0 radical (unpaired) electrons. The van der Waals surface area contributed by atoms with Gasteiger partial charge in [0, 0.05) is 5.56 Å². The third kappa shape index (κ3) is 5.29. The number of imidazole rings is 1. The van der Waals surface area contributed by atoms with E-state index >= 15 is 0 Å². The predicted octanol–water partition coefficient (Wildman–Crippen LogP) is 2.79. The zero-order valence-corrected chi connectivity index (χ0v) is 22.3. The molecule has 0 atom stereocenters. The second-order valence-electron chi connectivity index (χ2n) is 9.29. The molecule has 202 valence electrons. The molecule has 4 aromatic rings. The summed E-state index contributed by atoms with van der Waals surface area (Å²) in [5, 5.41) is 14.5. The maximum absolute atomic E-state index is 14.1. The van der Waals surface area contributed by atoms with Gasteiger partial charge in [0.05, 0.1) is 28.0 Å². The van der Waals surface area contributed by atoms with E-state index in [-0.39, 0.29) is 55.7 Å². The lowest BCUT2D eigenvalue weighted by Gasteiger charge is -2.21. The number of nitrogen functional groups attached to an aromatic ring is 1. The molecule has 4 N–H and O–H groups in total. The van der Waals surface area contributed by atoms with Gasteiger partial charge in [-0.3, -0.25) is 0 Å². The topological polar surface area (TPSA) is 197 Å². The Kier molecular flexibility index (Phi) is 6.98. The molecule has 1 aliphatic carbocycles. The fourth-order valence-electron chi connectivity index (χ4n) is 4.63. The second kappa shape index (κ2) is 10.3. The second-order valence-corrected chi connectivity index (χ2v) is 12.6. The number of benzene rings is 2. The average Bonchev–Trinajstić information content (AvgIpc) is 3.32. The van der Waals surface area contributed by atoms with Crippen LogP contribution in [0.5, 0.6) is 5.88 Å². The van der Waals surface area contributed by atoms with Crippen molar-refractivity contribution in [3.05, 3.63) is 54.1 Å². The van der Waals surface area contributed by atoms with Crippen molar-refractivity contribution in [2.75, 3.05) is 12.3 Å². The van der Waals surface area contributed by atoms with Crippen molar-refractivity contribution in [3.8, 4) is 23.3 Å². The molecular weight excluding hydrogens is 542 g/mol. The van der Waals surface area contributed by atoms with Crippen molar-refractivity contribution >= 4 is 37.2 Å². The zero-order chi connectivity index (χ0) is 27.8. The fourth-order valence-corrected chi connectivity index (χ4v) is 6.66. The van der Waals surface area contributed by atoms with Gasteiger partial charge < -0.3 is 10.5 Å². The van der Waals surface area contributed by atoms with Crippen LogP contribution in [-0.2, 0) is 20.0 Å². The van der Waals surface area contributed by atoms with E-state index in [1.807, 2.05) is 6.07 Å². The maximum Gasteiger partial charge on any atom is 0.270 e. The minimum absolute atomic E-state index is 0.0413. The summed E-state index contributed by atoms with van der Waals surface area (Å²) in [7, 11) is -8.49. The third-order valence-corrected chi connectivity index (χ3v) is 9.20. The first-order valence-corrected chi connectivity index (χ1v) is 15.1. The van der Waals surface area contributed by atoms with Crippen LogP contribution < -0.4 is 15.6 Å². The highest BCUT2D eigenvalue weighted by Crippen LogP contribution is 2.35. The summed E-state index contributed by atoms with van der Waals surface area (Å²) in [6.45, 7) is 0.309. The monoisotopic (exact) mass is 567 g/mol. The highest BCUT2D eigenvalue weighted by Gasteiger charge is 2.30. The quantitative estimate of drug-likeness (QED) is 0.335. The van der Waals surface area contributed by atoms with Gasteiger partial charge in [-0.25, -0.2) is 30.9 Å². The van der Waals surface area contributed by atoms with Gasteiger partial charge in [0.2, 0.25) is 21.9 Å². The first-order valence-electron chi connectivity index (χ1n) is 12.2. The van der Waals surface area contributed by atoms with Crippen LogP contribution >= 0.6 is 0 Å².